The number of hydrogen-bond donors (Lipinski definition) is 3. The molecule has 0 atom stereocenters. The molecule has 1 aromatic rings. The number of nitrogens with two attached hydrogens (primary N) is 2. The maximum absolute atomic E-state index is 12.4. The van der Waals surface area contributed by atoms with Gasteiger partial charge in [0.05, 0.1) is 11.1 Å². The van der Waals surface area contributed by atoms with Crippen LogP contribution >= 0.6 is 0 Å². The Bertz CT molecular complexity index is 389. The molecule has 0 spiro atoms. The largest absolute Gasteiger partial charge is 0.417 e. The molecule has 0 aromatic heterocycles. The molecule has 0 unspecified atom stereocenters. The average molecular weight is 219 g/mol. The zero-order valence-corrected chi connectivity index (χ0v) is 7.43. The Morgan fingerprint density at radius 2 is 1.93 bits per heavy atom. The van der Waals surface area contributed by atoms with Gasteiger partial charge in [-0.2, -0.15) is 13.2 Å². The first kappa shape index (κ1) is 11.3. The molecule has 1 aromatic carbocycles. The van der Waals surface area contributed by atoms with E-state index < -0.39 is 23.2 Å². The van der Waals surface area contributed by atoms with Crippen molar-refractivity contribution < 1.29 is 18.0 Å². The third-order valence-electron chi connectivity index (χ3n) is 1.76. The third kappa shape index (κ3) is 2.18. The van der Waals surface area contributed by atoms with E-state index in [0.717, 1.165) is 12.1 Å². The second kappa shape index (κ2) is 3.77. The summed E-state index contributed by atoms with van der Waals surface area (Å²) in [6.07, 6.45) is -4.64. The number of alkyl halides is 3. The van der Waals surface area contributed by atoms with E-state index in [1.165, 1.54) is 6.07 Å². The standard InChI is InChI=1S/C8H8F3N3O/c9-8(10,11)4-2-1-3-5(12)6(4)7(15)14-13/h1-3H,12-13H2,(H,14,15). The van der Waals surface area contributed by atoms with Gasteiger partial charge in [0.25, 0.3) is 5.91 Å². The summed E-state index contributed by atoms with van der Waals surface area (Å²) in [4.78, 5) is 11.1. The molecular formula is C8H8F3N3O. The molecule has 15 heavy (non-hydrogen) atoms. The van der Waals surface area contributed by atoms with Crippen molar-refractivity contribution in [2.75, 3.05) is 5.73 Å². The number of hydrazine groups is 1. The molecule has 0 saturated carbocycles. The van der Waals surface area contributed by atoms with Gasteiger partial charge in [0.2, 0.25) is 0 Å². The van der Waals surface area contributed by atoms with E-state index in [1.807, 2.05) is 0 Å². The van der Waals surface area contributed by atoms with Gasteiger partial charge in [-0.1, -0.05) is 6.07 Å². The van der Waals surface area contributed by atoms with Crippen LogP contribution in [0.5, 0.6) is 0 Å². The lowest BCUT2D eigenvalue weighted by Gasteiger charge is -2.13. The van der Waals surface area contributed by atoms with Crippen LogP contribution in [0.4, 0.5) is 18.9 Å². The van der Waals surface area contributed by atoms with Crippen LogP contribution in [0.2, 0.25) is 0 Å². The molecule has 7 heteroatoms. The molecule has 1 rings (SSSR count). The Hall–Kier alpha value is -1.76. The van der Waals surface area contributed by atoms with E-state index in [-0.39, 0.29) is 5.69 Å². The quantitative estimate of drug-likeness (QED) is 0.284. The number of hydrogen-bond acceptors (Lipinski definition) is 3. The molecule has 0 saturated heterocycles. The van der Waals surface area contributed by atoms with Crippen molar-refractivity contribution in [1.29, 1.82) is 0 Å². The molecule has 0 aliphatic rings. The van der Waals surface area contributed by atoms with Crippen LogP contribution in [-0.4, -0.2) is 5.91 Å². The number of benzene rings is 1. The number of carbonyl (C=O) groups excluding carboxylic acids is 1. The highest BCUT2D eigenvalue weighted by atomic mass is 19.4. The van der Waals surface area contributed by atoms with Gasteiger partial charge in [-0.25, -0.2) is 5.84 Å². The van der Waals surface area contributed by atoms with Crippen LogP contribution in [0.1, 0.15) is 15.9 Å². The number of nitrogens with one attached hydrogen (secondary N) is 1. The van der Waals surface area contributed by atoms with E-state index in [9.17, 15) is 18.0 Å². The van der Waals surface area contributed by atoms with Crippen LogP contribution in [0.15, 0.2) is 18.2 Å². The monoisotopic (exact) mass is 219 g/mol. The number of anilines is 1. The number of amides is 1. The van der Waals surface area contributed by atoms with Crippen LogP contribution in [0, 0.1) is 0 Å². The van der Waals surface area contributed by atoms with E-state index >= 15 is 0 Å². The lowest BCUT2D eigenvalue weighted by Crippen LogP contribution is -2.32. The van der Waals surface area contributed by atoms with Gasteiger partial charge in [0.15, 0.2) is 0 Å². The van der Waals surface area contributed by atoms with Crippen LogP contribution in [0.3, 0.4) is 0 Å². The Morgan fingerprint density at radius 3 is 2.40 bits per heavy atom. The van der Waals surface area contributed by atoms with Gasteiger partial charge >= 0.3 is 6.18 Å². The minimum Gasteiger partial charge on any atom is -0.398 e. The Balaban J connectivity index is 3.40. The van der Waals surface area contributed by atoms with Crippen molar-refractivity contribution in [3.8, 4) is 0 Å². The fourth-order valence-corrected chi connectivity index (χ4v) is 1.13. The molecule has 0 aliphatic heterocycles. The highest BCUT2D eigenvalue weighted by molar-refractivity contribution is 6.00. The predicted octanol–water partition coefficient (Wildman–Crippen LogP) is 0.891. The molecular weight excluding hydrogens is 211 g/mol. The lowest BCUT2D eigenvalue weighted by molar-refractivity contribution is -0.137. The normalized spacial score (nSPS) is 11.2. The number of carbonyl (C=O) groups is 1. The molecule has 0 radical (unpaired) electrons. The maximum Gasteiger partial charge on any atom is 0.417 e. The molecule has 0 aliphatic carbocycles. The highest BCUT2D eigenvalue weighted by Crippen LogP contribution is 2.33. The van der Waals surface area contributed by atoms with Crippen molar-refractivity contribution in [2.24, 2.45) is 5.84 Å². The second-order valence-electron chi connectivity index (χ2n) is 2.74. The zero-order chi connectivity index (χ0) is 11.6. The minimum atomic E-state index is -4.64. The van der Waals surface area contributed by atoms with Crippen molar-refractivity contribution in [2.45, 2.75) is 6.18 Å². The van der Waals surface area contributed by atoms with E-state index in [0.29, 0.717) is 0 Å². The molecule has 0 fully saturated rings. The summed E-state index contributed by atoms with van der Waals surface area (Å²) in [5, 5.41) is 0. The van der Waals surface area contributed by atoms with Crippen LogP contribution in [0.25, 0.3) is 0 Å². The summed E-state index contributed by atoms with van der Waals surface area (Å²) in [7, 11) is 0. The average Bonchev–Trinajstić information content (AvgIpc) is 2.15. The first-order chi connectivity index (χ1) is 6.88. The molecule has 0 heterocycles. The summed E-state index contributed by atoms with van der Waals surface area (Å²) < 4.78 is 37.3. The molecule has 4 nitrogen and oxygen atoms in total. The van der Waals surface area contributed by atoms with Crippen molar-refractivity contribution in [1.82, 2.24) is 5.43 Å². The summed E-state index contributed by atoms with van der Waals surface area (Å²) in [5.74, 6) is 3.69. The fourth-order valence-electron chi connectivity index (χ4n) is 1.13. The van der Waals surface area contributed by atoms with Gasteiger partial charge in [-0.15, -0.1) is 0 Å². The van der Waals surface area contributed by atoms with Crippen LogP contribution < -0.4 is 17.0 Å². The van der Waals surface area contributed by atoms with E-state index in [1.54, 1.807) is 5.43 Å². The second-order valence-corrected chi connectivity index (χ2v) is 2.74. The summed E-state index contributed by atoms with van der Waals surface area (Å²) in [6, 6.07) is 3.08. The maximum atomic E-state index is 12.4. The smallest absolute Gasteiger partial charge is 0.398 e. The van der Waals surface area contributed by atoms with Gasteiger partial charge < -0.3 is 5.73 Å². The fraction of sp³-hybridized carbons (Fsp3) is 0.125. The topological polar surface area (TPSA) is 81.1 Å². The molecule has 1 amide bonds. The van der Waals surface area contributed by atoms with Gasteiger partial charge in [0, 0.05) is 5.69 Å². The summed E-state index contributed by atoms with van der Waals surface area (Å²) >= 11 is 0. The van der Waals surface area contributed by atoms with Crippen molar-refractivity contribution >= 4 is 11.6 Å². The highest BCUT2D eigenvalue weighted by Gasteiger charge is 2.35. The van der Waals surface area contributed by atoms with Crippen molar-refractivity contribution in [3.63, 3.8) is 0 Å². The third-order valence-corrected chi connectivity index (χ3v) is 1.76. The number of rotatable bonds is 1. The molecule has 0 bridgehead atoms. The number of nitrogen functional groups attached to an aromatic ring is 2. The van der Waals surface area contributed by atoms with Crippen LogP contribution in [-0.2, 0) is 6.18 Å². The van der Waals surface area contributed by atoms with Gasteiger partial charge in [0.1, 0.15) is 0 Å². The first-order valence-corrected chi connectivity index (χ1v) is 3.84. The van der Waals surface area contributed by atoms with Crippen molar-refractivity contribution in [3.05, 3.63) is 29.3 Å². The summed E-state index contributed by atoms with van der Waals surface area (Å²) in [5.41, 5.74) is 4.86. The zero-order valence-electron chi connectivity index (χ0n) is 7.43. The predicted molar refractivity (Wildman–Crippen MR) is 47.5 cm³/mol. The first-order valence-electron chi connectivity index (χ1n) is 3.84. The lowest BCUT2D eigenvalue weighted by atomic mass is 10.0. The molecule has 82 valence electrons. The van der Waals surface area contributed by atoms with E-state index in [4.69, 9.17) is 11.6 Å². The minimum absolute atomic E-state index is 0.271. The Labute approximate surface area is 83.0 Å². The van der Waals surface area contributed by atoms with Gasteiger partial charge in [-0.05, 0) is 12.1 Å². The molecule has 5 N–H and O–H groups in total. The number of halogens is 3. The Kier molecular flexibility index (Phi) is 2.85. The van der Waals surface area contributed by atoms with Gasteiger partial charge in [-0.3, -0.25) is 10.2 Å². The SMILES string of the molecule is NNC(=O)c1c(N)cccc1C(F)(F)F. The van der Waals surface area contributed by atoms with E-state index in [2.05, 4.69) is 0 Å². The Morgan fingerprint density at radius 1 is 1.33 bits per heavy atom. The summed E-state index contributed by atoms with van der Waals surface area (Å²) in [6.45, 7) is 0.